The van der Waals surface area contributed by atoms with E-state index in [0.29, 0.717) is 13.0 Å². The molecule has 8 heteroatoms. The van der Waals surface area contributed by atoms with Crippen LogP contribution in [0.4, 0.5) is 8.78 Å². The van der Waals surface area contributed by atoms with Crippen LogP contribution >= 0.6 is 0 Å². The van der Waals surface area contributed by atoms with Crippen LogP contribution in [0.25, 0.3) is 0 Å². The highest BCUT2D eigenvalue weighted by Crippen LogP contribution is 2.16. The minimum Gasteiger partial charge on any atom is -0.377 e. The minimum absolute atomic E-state index is 0.0253. The average molecular weight is 272 g/mol. The van der Waals surface area contributed by atoms with Gasteiger partial charge in [-0.15, -0.1) is 0 Å². The zero-order valence-corrected chi connectivity index (χ0v) is 10.3. The molecule has 17 heavy (non-hydrogen) atoms. The van der Waals surface area contributed by atoms with Crippen LogP contribution in [-0.4, -0.2) is 57.2 Å². The van der Waals surface area contributed by atoms with E-state index in [-0.39, 0.29) is 24.9 Å². The number of ether oxygens (including phenoxy) is 1. The molecule has 0 aromatic heterocycles. The quantitative estimate of drug-likeness (QED) is 0.709. The van der Waals surface area contributed by atoms with Gasteiger partial charge in [0, 0.05) is 19.7 Å². The fourth-order valence-corrected chi connectivity index (χ4v) is 3.42. The standard InChI is InChI=1S/C9H18F2N2O3S/c10-9(11)6-13(4-3-12)17(14,15)7-8-2-1-5-16-8/h8-9H,1-7,12H2. The molecule has 0 aromatic carbocycles. The van der Waals surface area contributed by atoms with Gasteiger partial charge in [0.05, 0.1) is 18.4 Å². The van der Waals surface area contributed by atoms with E-state index in [2.05, 4.69) is 0 Å². The number of hydrogen-bond acceptors (Lipinski definition) is 4. The molecule has 2 N–H and O–H groups in total. The number of nitrogens with two attached hydrogens (primary N) is 1. The van der Waals surface area contributed by atoms with Crippen LogP contribution in [0.2, 0.25) is 0 Å². The van der Waals surface area contributed by atoms with E-state index in [1.54, 1.807) is 0 Å². The van der Waals surface area contributed by atoms with E-state index in [1.807, 2.05) is 0 Å². The molecule has 0 radical (unpaired) electrons. The Balaban J connectivity index is 2.62. The van der Waals surface area contributed by atoms with Crippen LogP contribution in [0.3, 0.4) is 0 Å². The smallest absolute Gasteiger partial charge is 0.252 e. The zero-order valence-electron chi connectivity index (χ0n) is 9.52. The molecule has 5 nitrogen and oxygen atoms in total. The molecular formula is C9H18F2N2O3S. The largest absolute Gasteiger partial charge is 0.377 e. The molecule has 0 amide bonds. The van der Waals surface area contributed by atoms with Crippen molar-refractivity contribution in [1.29, 1.82) is 0 Å². The predicted molar refractivity (Wildman–Crippen MR) is 59.4 cm³/mol. The van der Waals surface area contributed by atoms with Crippen molar-refractivity contribution in [3.8, 4) is 0 Å². The summed E-state index contributed by atoms with van der Waals surface area (Å²) in [4.78, 5) is 0. The maximum atomic E-state index is 12.3. The molecule has 1 aliphatic heterocycles. The lowest BCUT2D eigenvalue weighted by Gasteiger charge is -2.22. The van der Waals surface area contributed by atoms with Gasteiger partial charge in [-0.3, -0.25) is 0 Å². The number of halogens is 2. The first-order valence-electron chi connectivity index (χ1n) is 5.53. The van der Waals surface area contributed by atoms with Gasteiger partial charge < -0.3 is 10.5 Å². The van der Waals surface area contributed by atoms with Crippen LogP contribution in [-0.2, 0) is 14.8 Å². The number of rotatable bonds is 7. The second kappa shape index (κ2) is 6.58. The van der Waals surface area contributed by atoms with Crippen molar-refractivity contribution < 1.29 is 21.9 Å². The lowest BCUT2D eigenvalue weighted by atomic mass is 10.3. The van der Waals surface area contributed by atoms with E-state index < -0.39 is 23.0 Å². The highest BCUT2D eigenvalue weighted by molar-refractivity contribution is 7.89. The SMILES string of the molecule is NCCN(CC(F)F)S(=O)(=O)CC1CCCO1. The molecule has 1 aliphatic rings. The van der Waals surface area contributed by atoms with Gasteiger partial charge in [0.15, 0.2) is 0 Å². The summed E-state index contributed by atoms with van der Waals surface area (Å²) in [5.41, 5.74) is 5.23. The Morgan fingerprint density at radius 3 is 2.65 bits per heavy atom. The summed E-state index contributed by atoms with van der Waals surface area (Å²) < 4.78 is 54.2. The second-order valence-electron chi connectivity index (χ2n) is 3.95. The molecule has 1 heterocycles. The van der Waals surface area contributed by atoms with Gasteiger partial charge in [-0.25, -0.2) is 17.2 Å². The van der Waals surface area contributed by atoms with Crippen molar-refractivity contribution in [1.82, 2.24) is 4.31 Å². The molecule has 1 fully saturated rings. The molecule has 0 saturated carbocycles. The average Bonchev–Trinajstić information content (AvgIpc) is 2.68. The molecule has 1 saturated heterocycles. The fourth-order valence-electron chi connectivity index (χ4n) is 1.76. The third-order valence-electron chi connectivity index (χ3n) is 2.53. The number of sulfonamides is 1. The summed E-state index contributed by atoms with van der Waals surface area (Å²) in [6.07, 6.45) is -1.60. The van der Waals surface area contributed by atoms with E-state index in [4.69, 9.17) is 10.5 Å². The minimum atomic E-state index is -3.71. The van der Waals surface area contributed by atoms with Gasteiger partial charge in [0.1, 0.15) is 0 Å². The topological polar surface area (TPSA) is 72.6 Å². The number of alkyl halides is 2. The third-order valence-corrected chi connectivity index (χ3v) is 4.45. The molecule has 0 aliphatic carbocycles. The van der Waals surface area contributed by atoms with Gasteiger partial charge in [0.25, 0.3) is 6.43 Å². The Hall–Kier alpha value is -0.310. The summed E-state index contributed by atoms with van der Waals surface area (Å²) in [6.45, 7) is -0.324. The molecule has 1 atom stereocenters. The van der Waals surface area contributed by atoms with E-state index in [0.717, 1.165) is 10.7 Å². The summed E-state index contributed by atoms with van der Waals surface area (Å²) >= 11 is 0. The van der Waals surface area contributed by atoms with Crippen LogP contribution in [0.1, 0.15) is 12.8 Å². The maximum absolute atomic E-state index is 12.3. The Morgan fingerprint density at radius 2 is 2.18 bits per heavy atom. The van der Waals surface area contributed by atoms with Gasteiger partial charge in [-0.2, -0.15) is 4.31 Å². The molecule has 1 rings (SSSR count). The monoisotopic (exact) mass is 272 g/mol. The normalized spacial score (nSPS) is 21.6. The summed E-state index contributed by atoms with van der Waals surface area (Å²) in [7, 11) is -3.71. The Kier molecular flexibility index (Phi) is 5.71. The Bertz CT molecular complexity index is 318. The van der Waals surface area contributed by atoms with Gasteiger partial charge in [-0.1, -0.05) is 0 Å². The lowest BCUT2D eigenvalue weighted by Crippen LogP contribution is -2.42. The van der Waals surface area contributed by atoms with Crippen molar-refractivity contribution in [3.63, 3.8) is 0 Å². The highest BCUT2D eigenvalue weighted by atomic mass is 32.2. The highest BCUT2D eigenvalue weighted by Gasteiger charge is 2.29. The van der Waals surface area contributed by atoms with Crippen LogP contribution in [0.5, 0.6) is 0 Å². The van der Waals surface area contributed by atoms with Crippen molar-refractivity contribution in [2.24, 2.45) is 5.73 Å². The van der Waals surface area contributed by atoms with Gasteiger partial charge in [-0.05, 0) is 12.8 Å². The third kappa shape index (κ3) is 4.82. The lowest BCUT2D eigenvalue weighted by molar-refractivity contribution is 0.114. The Morgan fingerprint density at radius 1 is 1.47 bits per heavy atom. The molecular weight excluding hydrogens is 254 g/mol. The molecule has 102 valence electrons. The van der Waals surface area contributed by atoms with Crippen LogP contribution < -0.4 is 5.73 Å². The van der Waals surface area contributed by atoms with Crippen molar-refractivity contribution >= 4 is 10.0 Å². The van der Waals surface area contributed by atoms with Crippen molar-refractivity contribution in [2.75, 3.05) is 32.0 Å². The van der Waals surface area contributed by atoms with Gasteiger partial charge in [0.2, 0.25) is 10.0 Å². The second-order valence-corrected chi connectivity index (χ2v) is 5.96. The number of hydrogen-bond donors (Lipinski definition) is 1. The van der Waals surface area contributed by atoms with Crippen LogP contribution in [0.15, 0.2) is 0 Å². The molecule has 1 unspecified atom stereocenters. The number of nitrogens with zero attached hydrogens (tertiary/aromatic N) is 1. The molecule has 0 bridgehead atoms. The van der Waals surface area contributed by atoms with Crippen molar-refractivity contribution in [3.05, 3.63) is 0 Å². The van der Waals surface area contributed by atoms with Crippen LogP contribution in [0, 0.1) is 0 Å². The summed E-state index contributed by atoms with van der Waals surface area (Å²) in [5, 5.41) is 0. The first-order valence-corrected chi connectivity index (χ1v) is 7.14. The van der Waals surface area contributed by atoms with Crippen molar-refractivity contribution in [2.45, 2.75) is 25.4 Å². The fraction of sp³-hybridized carbons (Fsp3) is 1.00. The van der Waals surface area contributed by atoms with E-state index in [1.165, 1.54) is 0 Å². The summed E-state index contributed by atoms with van der Waals surface area (Å²) in [5.74, 6) is -0.236. The first-order chi connectivity index (χ1) is 7.95. The molecule has 0 aromatic rings. The molecule has 0 spiro atoms. The van der Waals surface area contributed by atoms with E-state index in [9.17, 15) is 17.2 Å². The maximum Gasteiger partial charge on any atom is 0.252 e. The van der Waals surface area contributed by atoms with E-state index >= 15 is 0 Å². The zero-order chi connectivity index (χ0) is 12.9. The Labute approximate surface area is 100.0 Å². The first kappa shape index (κ1) is 14.7. The van der Waals surface area contributed by atoms with Gasteiger partial charge >= 0.3 is 0 Å². The predicted octanol–water partition coefficient (Wildman–Crippen LogP) is 0.0210. The summed E-state index contributed by atoms with van der Waals surface area (Å²) in [6, 6.07) is 0.